The van der Waals surface area contributed by atoms with Gasteiger partial charge in [0.2, 0.25) is 0 Å². The summed E-state index contributed by atoms with van der Waals surface area (Å²) in [5, 5.41) is 0. The first-order valence-electron chi connectivity index (χ1n) is 7.59. The van der Waals surface area contributed by atoms with Gasteiger partial charge in [-0.15, -0.1) is 0 Å². The molecule has 0 saturated heterocycles. The van der Waals surface area contributed by atoms with Crippen LogP contribution in [0, 0.1) is 6.92 Å². The highest BCUT2D eigenvalue weighted by Gasteiger charge is 2.24. The van der Waals surface area contributed by atoms with Crippen LogP contribution in [0.5, 0.6) is 0 Å². The molecule has 0 aromatic heterocycles. The summed E-state index contributed by atoms with van der Waals surface area (Å²) in [6.07, 6.45) is 0. The van der Waals surface area contributed by atoms with Crippen molar-refractivity contribution in [3.05, 3.63) is 35.4 Å². The molecule has 0 saturated carbocycles. The standard InChI is InChI=1S/C17H31N3/c1-7-20(14(3)12-19(5)6)15(4)17(18)16-10-8-13(2)9-11-16/h8-11,14-15,17H,7,12,18H2,1-6H3. The van der Waals surface area contributed by atoms with E-state index in [4.69, 9.17) is 5.73 Å². The monoisotopic (exact) mass is 277 g/mol. The Balaban J connectivity index is 2.79. The van der Waals surface area contributed by atoms with E-state index >= 15 is 0 Å². The summed E-state index contributed by atoms with van der Waals surface area (Å²) in [7, 11) is 4.24. The van der Waals surface area contributed by atoms with Crippen molar-refractivity contribution in [1.29, 1.82) is 0 Å². The lowest BCUT2D eigenvalue weighted by atomic mass is 9.98. The number of likely N-dealkylation sites (N-methyl/N-ethyl adjacent to an activating group) is 2. The second kappa shape index (κ2) is 7.77. The molecule has 2 N–H and O–H groups in total. The van der Waals surface area contributed by atoms with Gasteiger partial charge in [0.15, 0.2) is 0 Å². The van der Waals surface area contributed by atoms with Gasteiger partial charge in [-0.3, -0.25) is 4.90 Å². The van der Waals surface area contributed by atoms with Gasteiger partial charge in [-0.05, 0) is 47.0 Å². The SMILES string of the molecule is CCN(C(C)CN(C)C)C(C)C(N)c1ccc(C)cc1. The van der Waals surface area contributed by atoms with Gasteiger partial charge in [-0.2, -0.15) is 0 Å². The van der Waals surface area contributed by atoms with E-state index in [0.29, 0.717) is 12.1 Å². The van der Waals surface area contributed by atoms with E-state index in [9.17, 15) is 0 Å². The van der Waals surface area contributed by atoms with Crippen molar-refractivity contribution >= 4 is 0 Å². The number of hydrogen-bond donors (Lipinski definition) is 1. The zero-order valence-electron chi connectivity index (χ0n) is 13.9. The van der Waals surface area contributed by atoms with E-state index < -0.39 is 0 Å². The molecule has 3 heteroatoms. The highest BCUT2D eigenvalue weighted by atomic mass is 15.2. The van der Waals surface area contributed by atoms with Crippen LogP contribution in [0.4, 0.5) is 0 Å². The summed E-state index contributed by atoms with van der Waals surface area (Å²) in [5.74, 6) is 0. The Bertz CT molecular complexity index is 386. The van der Waals surface area contributed by atoms with E-state index in [1.54, 1.807) is 0 Å². The summed E-state index contributed by atoms with van der Waals surface area (Å²) in [6.45, 7) is 10.9. The molecule has 0 aliphatic carbocycles. The van der Waals surface area contributed by atoms with Crippen molar-refractivity contribution < 1.29 is 0 Å². The summed E-state index contributed by atoms with van der Waals surface area (Å²) >= 11 is 0. The summed E-state index contributed by atoms with van der Waals surface area (Å²) in [4.78, 5) is 4.72. The van der Waals surface area contributed by atoms with Crippen LogP contribution in [0.2, 0.25) is 0 Å². The van der Waals surface area contributed by atoms with Crippen LogP contribution in [-0.2, 0) is 0 Å². The first-order chi connectivity index (χ1) is 9.36. The second-order valence-corrected chi connectivity index (χ2v) is 6.12. The van der Waals surface area contributed by atoms with Crippen LogP contribution in [0.15, 0.2) is 24.3 Å². The molecule has 3 atom stereocenters. The van der Waals surface area contributed by atoms with Crippen LogP contribution in [0.1, 0.15) is 37.9 Å². The summed E-state index contributed by atoms with van der Waals surface area (Å²) in [6, 6.07) is 9.48. The molecule has 1 aromatic carbocycles. The van der Waals surface area contributed by atoms with Crippen LogP contribution >= 0.6 is 0 Å². The number of benzene rings is 1. The maximum Gasteiger partial charge on any atom is 0.0450 e. The number of hydrogen-bond acceptors (Lipinski definition) is 3. The Morgan fingerprint density at radius 2 is 1.65 bits per heavy atom. The fraction of sp³-hybridized carbons (Fsp3) is 0.647. The minimum atomic E-state index is 0.0557. The average molecular weight is 277 g/mol. The fourth-order valence-corrected chi connectivity index (χ4v) is 2.91. The molecule has 0 fully saturated rings. The molecule has 0 aliphatic heterocycles. The largest absolute Gasteiger partial charge is 0.323 e. The van der Waals surface area contributed by atoms with Crippen molar-refractivity contribution in [3.63, 3.8) is 0 Å². The smallest absolute Gasteiger partial charge is 0.0450 e. The first kappa shape index (κ1) is 17.2. The summed E-state index contributed by atoms with van der Waals surface area (Å²) < 4.78 is 0. The van der Waals surface area contributed by atoms with Crippen molar-refractivity contribution in [2.24, 2.45) is 5.73 Å². The number of nitrogens with two attached hydrogens (primary N) is 1. The third-order valence-corrected chi connectivity index (χ3v) is 4.07. The van der Waals surface area contributed by atoms with Crippen molar-refractivity contribution in [3.8, 4) is 0 Å². The Morgan fingerprint density at radius 3 is 2.10 bits per heavy atom. The first-order valence-corrected chi connectivity index (χ1v) is 7.59. The highest BCUT2D eigenvalue weighted by molar-refractivity contribution is 5.24. The molecule has 0 amide bonds. The predicted octanol–water partition coefficient (Wildman–Crippen LogP) is 2.66. The van der Waals surface area contributed by atoms with Crippen molar-refractivity contribution in [2.45, 2.75) is 45.8 Å². The van der Waals surface area contributed by atoms with Gasteiger partial charge in [0, 0.05) is 24.7 Å². The number of nitrogens with zero attached hydrogens (tertiary/aromatic N) is 2. The lowest BCUT2D eigenvalue weighted by Crippen LogP contribution is -2.48. The molecule has 0 aliphatic rings. The van der Waals surface area contributed by atoms with E-state index in [1.807, 2.05) is 0 Å². The maximum absolute atomic E-state index is 6.48. The van der Waals surface area contributed by atoms with Crippen molar-refractivity contribution in [2.75, 3.05) is 27.2 Å². The van der Waals surface area contributed by atoms with Gasteiger partial charge in [0.1, 0.15) is 0 Å². The van der Waals surface area contributed by atoms with E-state index in [-0.39, 0.29) is 6.04 Å². The van der Waals surface area contributed by atoms with Gasteiger partial charge in [-0.25, -0.2) is 0 Å². The predicted molar refractivity (Wildman–Crippen MR) is 88.0 cm³/mol. The van der Waals surface area contributed by atoms with Gasteiger partial charge >= 0.3 is 0 Å². The molecule has 3 nitrogen and oxygen atoms in total. The van der Waals surface area contributed by atoms with E-state index in [1.165, 1.54) is 11.1 Å². The zero-order chi connectivity index (χ0) is 15.3. The van der Waals surface area contributed by atoms with Crippen molar-refractivity contribution in [1.82, 2.24) is 9.80 Å². The van der Waals surface area contributed by atoms with Gasteiger partial charge in [0.25, 0.3) is 0 Å². The molecule has 0 heterocycles. The van der Waals surface area contributed by atoms with Gasteiger partial charge in [-0.1, -0.05) is 36.8 Å². The van der Waals surface area contributed by atoms with Gasteiger partial charge in [0.05, 0.1) is 0 Å². The Labute approximate surface area is 124 Å². The number of aryl methyl sites for hydroxylation is 1. The van der Waals surface area contributed by atoms with E-state index in [2.05, 4.69) is 75.9 Å². The number of rotatable bonds is 7. The molecule has 1 aromatic rings. The molecule has 3 unspecified atom stereocenters. The fourth-order valence-electron chi connectivity index (χ4n) is 2.91. The molecular formula is C17H31N3. The van der Waals surface area contributed by atoms with Crippen LogP contribution in [0.25, 0.3) is 0 Å². The highest BCUT2D eigenvalue weighted by Crippen LogP contribution is 2.21. The van der Waals surface area contributed by atoms with E-state index in [0.717, 1.165) is 13.1 Å². The Hall–Kier alpha value is -0.900. The third kappa shape index (κ3) is 4.58. The molecule has 0 radical (unpaired) electrons. The Kier molecular flexibility index (Phi) is 6.66. The quantitative estimate of drug-likeness (QED) is 0.831. The van der Waals surface area contributed by atoms with Crippen LogP contribution < -0.4 is 5.73 Å². The minimum absolute atomic E-state index is 0.0557. The second-order valence-electron chi connectivity index (χ2n) is 6.12. The molecule has 0 spiro atoms. The zero-order valence-corrected chi connectivity index (χ0v) is 13.9. The minimum Gasteiger partial charge on any atom is -0.323 e. The van der Waals surface area contributed by atoms with Crippen LogP contribution in [-0.4, -0.2) is 49.1 Å². The average Bonchev–Trinajstić information content (AvgIpc) is 2.38. The summed E-state index contributed by atoms with van der Waals surface area (Å²) in [5.41, 5.74) is 8.98. The lowest BCUT2D eigenvalue weighted by molar-refractivity contribution is 0.120. The molecular weight excluding hydrogens is 246 g/mol. The molecule has 1 rings (SSSR count). The molecule has 114 valence electrons. The topological polar surface area (TPSA) is 32.5 Å². The lowest BCUT2D eigenvalue weighted by Gasteiger charge is -2.38. The third-order valence-electron chi connectivity index (χ3n) is 4.07. The van der Waals surface area contributed by atoms with Gasteiger partial charge < -0.3 is 10.6 Å². The van der Waals surface area contributed by atoms with Crippen LogP contribution in [0.3, 0.4) is 0 Å². The maximum atomic E-state index is 6.48. The Morgan fingerprint density at radius 1 is 1.10 bits per heavy atom. The molecule has 20 heavy (non-hydrogen) atoms. The normalized spacial score (nSPS) is 16.4. The molecule has 0 bridgehead atoms.